The van der Waals surface area contributed by atoms with Gasteiger partial charge in [0.15, 0.2) is 6.29 Å². The van der Waals surface area contributed by atoms with E-state index >= 15 is 0 Å². The van der Waals surface area contributed by atoms with E-state index in [1.54, 1.807) is 13.2 Å². The molecule has 0 aliphatic heterocycles. The van der Waals surface area contributed by atoms with Gasteiger partial charge in [0.1, 0.15) is 5.75 Å². The number of rotatable bonds is 2. The largest absolute Gasteiger partial charge is 0.496 e. The molecule has 72 valence electrons. The molecule has 2 rings (SSSR count). The third-order valence-corrected chi connectivity index (χ3v) is 2.24. The van der Waals surface area contributed by atoms with Gasteiger partial charge in [0.25, 0.3) is 0 Å². The molecule has 0 aliphatic rings. The molecule has 0 spiro atoms. The molecule has 0 unspecified atom stereocenters. The second kappa shape index (κ2) is 3.14. The standard InChI is InChI=1S/C10H10N2O2/c1-6-10-7(5-13)9(14-2)4-3-8(10)12-11-6/h3-5H,1-2H3,(H,11,12). The molecule has 0 saturated carbocycles. The zero-order chi connectivity index (χ0) is 10.1. The van der Waals surface area contributed by atoms with Gasteiger partial charge in [-0.05, 0) is 19.1 Å². The minimum Gasteiger partial charge on any atom is -0.496 e. The van der Waals surface area contributed by atoms with Crippen molar-refractivity contribution < 1.29 is 9.53 Å². The molecule has 0 radical (unpaired) electrons. The van der Waals surface area contributed by atoms with E-state index in [0.717, 1.165) is 22.9 Å². The molecule has 1 N–H and O–H groups in total. The lowest BCUT2D eigenvalue weighted by molar-refractivity contribution is 0.112. The number of aldehydes is 1. The van der Waals surface area contributed by atoms with Gasteiger partial charge in [-0.2, -0.15) is 5.10 Å². The molecule has 0 amide bonds. The molecule has 0 aliphatic carbocycles. The van der Waals surface area contributed by atoms with Crippen LogP contribution in [-0.4, -0.2) is 23.6 Å². The summed E-state index contributed by atoms with van der Waals surface area (Å²) in [5, 5.41) is 7.73. The van der Waals surface area contributed by atoms with E-state index in [4.69, 9.17) is 4.74 Å². The molecule has 4 nitrogen and oxygen atoms in total. The Hall–Kier alpha value is -1.84. The van der Waals surface area contributed by atoms with Crippen LogP contribution in [0.2, 0.25) is 0 Å². The number of methoxy groups -OCH3 is 1. The maximum atomic E-state index is 10.9. The third-order valence-electron chi connectivity index (χ3n) is 2.24. The molecular weight excluding hydrogens is 180 g/mol. The second-order valence-corrected chi connectivity index (χ2v) is 3.04. The Morgan fingerprint density at radius 2 is 2.29 bits per heavy atom. The maximum absolute atomic E-state index is 10.9. The molecule has 4 heteroatoms. The summed E-state index contributed by atoms with van der Waals surface area (Å²) < 4.78 is 5.10. The Morgan fingerprint density at radius 1 is 1.50 bits per heavy atom. The van der Waals surface area contributed by atoms with Gasteiger partial charge in [0.05, 0.1) is 18.2 Å². The van der Waals surface area contributed by atoms with E-state index in [0.29, 0.717) is 11.3 Å². The van der Waals surface area contributed by atoms with Crippen LogP contribution in [0.4, 0.5) is 0 Å². The number of H-pyrrole nitrogens is 1. The zero-order valence-electron chi connectivity index (χ0n) is 8.00. The zero-order valence-corrected chi connectivity index (χ0v) is 8.00. The van der Waals surface area contributed by atoms with Gasteiger partial charge in [0.2, 0.25) is 0 Å². The fourth-order valence-electron chi connectivity index (χ4n) is 1.57. The van der Waals surface area contributed by atoms with Crippen LogP contribution in [0.25, 0.3) is 10.9 Å². The first-order valence-corrected chi connectivity index (χ1v) is 4.24. The fourth-order valence-corrected chi connectivity index (χ4v) is 1.57. The predicted octanol–water partition coefficient (Wildman–Crippen LogP) is 1.69. The molecule has 0 bridgehead atoms. The number of benzene rings is 1. The lowest BCUT2D eigenvalue weighted by atomic mass is 10.1. The lowest BCUT2D eigenvalue weighted by Crippen LogP contribution is -1.91. The highest BCUT2D eigenvalue weighted by Crippen LogP contribution is 2.27. The number of nitrogens with zero attached hydrogens (tertiary/aromatic N) is 1. The number of hydrogen-bond acceptors (Lipinski definition) is 3. The molecule has 14 heavy (non-hydrogen) atoms. The van der Waals surface area contributed by atoms with E-state index in [1.807, 2.05) is 13.0 Å². The van der Waals surface area contributed by atoms with Crippen molar-refractivity contribution in [3.8, 4) is 5.75 Å². The quantitative estimate of drug-likeness (QED) is 0.733. The number of aromatic nitrogens is 2. The number of fused-ring (bicyclic) bond motifs is 1. The Balaban J connectivity index is 2.87. The average molecular weight is 190 g/mol. The fraction of sp³-hybridized carbons (Fsp3) is 0.200. The van der Waals surface area contributed by atoms with Crippen molar-refractivity contribution >= 4 is 17.2 Å². The van der Waals surface area contributed by atoms with E-state index in [9.17, 15) is 4.79 Å². The summed E-state index contributed by atoms with van der Waals surface area (Å²) in [6.45, 7) is 1.88. The molecule has 0 atom stereocenters. The molecule has 2 aromatic rings. The van der Waals surface area contributed by atoms with E-state index < -0.39 is 0 Å². The van der Waals surface area contributed by atoms with Crippen LogP contribution in [-0.2, 0) is 0 Å². The van der Waals surface area contributed by atoms with Gasteiger partial charge in [-0.15, -0.1) is 0 Å². The molecule has 1 aromatic heterocycles. The van der Waals surface area contributed by atoms with Crippen LogP contribution in [0.5, 0.6) is 5.75 Å². The summed E-state index contributed by atoms with van der Waals surface area (Å²) in [7, 11) is 1.55. The number of hydrogen-bond donors (Lipinski definition) is 1. The van der Waals surface area contributed by atoms with Crippen molar-refractivity contribution in [2.24, 2.45) is 0 Å². The number of carbonyl (C=O) groups excluding carboxylic acids is 1. The summed E-state index contributed by atoms with van der Waals surface area (Å²) in [5.74, 6) is 0.581. The topological polar surface area (TPSA) is 55.0 Å². The molecular formula is C10H10N2O2. The van der Waals surface area contributed by atoms with Crippen molar-refractivity contribution in [3.05, 3.63) is 23.4 Å². The third kappa shape index (κ3) is 1.08. The maximum Gasteiger partial charge on any atom is 0.154 e. The second-order valence-electron chi connectivity index (χ2n) is 3.04. The van der Waals surface area contributed by atoms with Gasteiger partial charge in [-0.1, -0.05) is 0 Å². The molecule has 1 aromatic carbocycles. The molecule has 0 saturated heterocycles. The van der Waals surface area contributed by atoms with Crippen molar-refractivity contribution in [1.29, 1.82) is 0 Å². The van der Waals surface area contributed by atoms with Crippen LogP contribution in [0.1, 0.15) is 16.1 Å². The van der Waals surface area contributed by atoms with Crippen LogP contribution in [0, 0.1) is 6.92 Å². The van der Waals surface area contributed by atoms with Gasteiger partial charge in [-0.25, -0.2) is 0 Å². The Morgan fingerprint density at radius 3 is 2.93 bits per heavy atom. The molecule has 0 fully saturated rings. The highest BCUT2D eigenvalue weighted by molar-refractivity contribution is 6.00. The van der Waals surface area contributed by atoms with E-state index in [-0.39, 0.29) is 0 Å². The number of aryl methyl sites for hydroxylation is 1. The number of nitrogens with one attached hydrogen (secondary N) is 1. The van der Waals surface area contributed by atoms with Crippen molar-refractivity contribution in [1.82, 2.24) is 10.2 Å². The Bertz CT molecular complexity index is 488. The van der Waals surface area contributed by atoms with Gasteiger partial charge >= 0.3 is 0 Å². The summed E-state index contributed by atoms with van der Waals surface area (Å²) in [6, 6.07) is 3.57. The summed E-state index contributed by atoms with van der Waals surface area (Å²) in [6.07, 6.45) is 0.795. The summed E-state index contributed by atoms with van der Waals surface area (Å²) >= 11 is 0. The van der Waals surface area contributed by atoms with Gasteiger partial charge in [0, 0.05) is 11.1 Å². The lowest BCUT2D eigenvalue weighted by Gasteiger charge is -2.03. The van der Waals surface area contributed by atoms with Crippen molar-refractivity contribution in [3.63, 3.8) is 0 Å². The van der Waals surface area contributed by atoms with Gasteiger partial charge in [-0.3, -0.25) is 9.89 Å². The SMILES string of the molecule is COc1ccc2n[nH]c(C)c2c1C=O. The first kappa shape index (κ1) is 8.74. The first-order chi connectivity index (χ1) is 6.77. The van der Waals surface area contributed by atoms with Crippen molar-refractivity contribution in [2.45, 2.75) is 6.92 Å². The van der Waals surface area contributed by atoms with E-state index in [2.05, 4.69) is 10.2 Å². The minimum atomic E-state index is 0.552. The van der Waals surface area contributed by atoms with Crippen LogP contribution >= 0.6 is 0 Å². The van der Waals surface area contributed by atoms with Crippen LogP contribution < -0.4 is 4.74 Å². The van der Waals surface area contributed by atoms with Gasteiger partial charge < -0.3 is 4.74 Å². The minimum absolute atomic E-state index is 0.552. The monoisotopic (exact) mass is 190 g/mol. The normalized spacial score (nSPS) is 10.4. The van der Waals surface area contributed by atoms with Crippen LogP contribution in [0.3, 0.4) is 0 Å². The number of ether oxygens (including phenoxy) is 1. The first-order valence-electron chi connectivity index (χ1n) is 4.24. The van der Waals surface area contributed by atoms with Crippen LogP contribution in [0.15, 0.2) is 12.1 Å². The Kier molecular flexibility index (Phi) is 1.96. The smallest absolute Gasteiger partial charge is 0.154 e. The van der Waals surface area contributed by atoms with Crippen molar-refractivity contribution in [2.75, 3.05) is 7.11 Å². The summed E-state index contributed by atoms with van der Waals surface area (Å²) in [5.41, 5.74) is 2.21. The highest BCUT2D eigenvalue weighted by Gasteiger charge is 2.11. The highest BCUT2D eigenvalue weighted by atomic mass is 16.5. The predicted molar refractivity (Wildman–Crippen MR) is 52.8 cm³/mol. The number of aromatic amines is 1. The number of carbonyl (C=O) groups is 1. The average Bonchev–Trinajstić information content (AvgIpc) is 2.59. The molecule has 1 heterocycles. The van der Waals surface area contributed by atoms with E-state index in [1.165, 1.54) is 0 Å². The Labute approximate surface area is 80.9 Å². The summed E-state index contributed by atoms with van der Waals surface area (Å²) in [4.78, 5) is 10.9.